The number of benzene rings is 2. The molecule has 3 rings (SSSR count). The summed E-state index contributed by atoms with van der Waals surface area (Å²) in [6.07, 6.45) is 0.160. The fraction of sp³-hybridized carbons (Fsp3) is 0.304. The largest absolute Gasteiger partial charge is 0.504 e. The van der Waals surface area contributed by atoms with Crippen molar-refractivity contribution in [3.8, 4) is 28.6 Å². The molecule has 1 atom stereocenters. The molecule has 1 aromatic heterocycles. The number of amides is 1. The van der Waals surface area contributed by atoms with Crippen LogP contribution in [0.15, 0.2) is 53.1 Å². The second-order valence-corrected chi connectivity index (χ2v) is 7.13. The minimum atomic E-state index is -0.484. The van der Waals surface area contributed by atoms with Crippen molar-refractivity contribution in [3.63, 3.8) is 0 Å². The minimum absolute atomic E-state index is 0.0271. The lowest BCUT2D eigenvalue weighted by Gasteiger charge is -2.11. The summed E-state index contributed by atoms with van der Waals surface area (Å²) in [7, 11) is 0. The molecule has 0 bridgehead atoms. The van der Waals surface area contributed by atoms with Gasteiger partial charge in [0.05, 0.1) is 17.9 Å². The van der Waals surface area contributed by atoms with Crippen LogP contribution in [-0.4, -0.2) is 40.6 Å². The lowest BCUT2D eigenvalue weighted by atomic mass is 10.1. The summed E-state index contributed by atoms with van der Waals surface area (Å²) in [6.45, 7) is 7.59. The smallest absolute Gasteiger partial charge is 0.211 e. The Balaban J connectivity index is 0.000000225. The van der Waals surface area contributed by atoms with Gasteiger partial charge in [-0.1, -0.05) is 5.16 Å². The van der Waals surface area contributed by atoms with Crippen LogP contribution in [0.4, 0.5) is 5.69 Å². The van der Waals surface area contributed by atoms with Crippen LogP contribution in [0, 0.1) is 6.92 Å². The number of hydrogen-bond donors (Lipinski definition) is 3. The van der Waals surface area contributed by atoms with Crippen LogP contribution in [0.5, 0.6) is 17.2 Å². The van der Waals surface area contributed by atoms with Gasteiger partial charge < -0.3 is 29.5 Å². The molecule has 2 aromatic carbocycles. The number of aliphatic hydroxyl groups excluding tert-OH is 1. The number of anilines is 1. The van der Waals surface area contributed by atoms with Crippen LogP contribution in [0.3, 0.4) is 0 Å². The number of carbonyl (C=O) groups excluding carboxylic acids is 1. The van der Waals surface area contributed by atoms with E-state index in [9.17, 15) is 9.90 Å². The van der Waals surface area contributed by atoms with E-state index in [1.807, 2.05) is 32.9 Å². The zero-order chi connectivity index (χ0) is 22.8. The summed E-state index contributed by atoms with van der Waals surface area (Å²) in [4.78, 5) is 10.1. The van der Waals surface area contributed by atoms with Crippen molar-refractivity contribution in [2.75, 3.05) is 11.9 Å². The molecular formula is C23H28N2O6. The fourth-order valence-corrected chi connectivity index (χ4v) is 2.46. The highest BCUT2D eigenvalue weighted by Crippen LogP contribution is 2.32. The SMILES string of the molecule is CC(O)COc1ccc(NC=O)cc1.Cc1cc(-c2ccc(OC(C)C)c(O)c2)on1. The van der Waals surface area contributed by atoms with Gasteiger partial charge in [-0.15, -0.1) is 0 Å². The molecule has 0 saturated carbocycles. The molecule has 0 aliphatic carbocycles. The average Bonchev–Trinajstić information content (AvgIpc) is 3.16. The number of aromatic hydroxyl groups is 1. The van der Waals surface area contributed by atoms with Crippen LogP contribution in [0.1, 0.15) is 26.5 Å². The Morgan fingerprint density at radius 2 is 1.84 bits per heavy atom. The Hall–Kier alpha value is -3.52. The highest BCUT2D eigenvalue weighted by Gasteiger charge is 2.09. The highest BCUT2D eigenvalue weighted by atomic mass is 16.5. The lowest BCUT2D eigenvalue weighted by molar-refractivity contribution is -0.105. The van der Waals surface area contributed by atoms with Crippen LogP contribution in [-0.2, 0) is 4.79 Å². The van der Waals surface area contributed by atoms with E-state index in [0.29, 0.717) is 29.4 Å². The van der Waals surface area contributed by atoms with E-state index in [1.54, 1.807) is 43.3 Å². The van der Waals surface area contributed by atoms with Gasteiger partial charge >= 0.3 is 0 Å². The number of rotatable bonds is 8. The van der Waals surface area contributed by atoms with Crippen molar-refractivity contribution in [2.45, 2.75) is 39.9 Å². The average molecular weight is 428 g/mol. The van der Waals surface area contributed by atoms with Crippen molar-refractivity contribution in [3.05, 3.63) is 54.2 Å². The minimum Gasteiger partial charge on any atom is -0.504 e. The Labute approximate surface area is 181 Å². The lowest BCUT2D eigenvalue weighted by Crippen LogP contribution is -2.12. The van der Waals surface area contributed by atoms with Gasteiger partial charge in [0, 0.05) is 17.3 Å². The van der Waals surface area contributed by atoms with Crippen molar-refractivity contribution in [2.24, 2.45) is 0 Å². The number of ether oxygens (including phenoxy) is 2. The third-order valence-electron chi connectivity index (χ3n) is 3.81. The number of phenolic OH excluding ortho intramolecular Hbond substituents is 1. The third kappa shape index (κ3) is 8.02. The summed E-state index contributed by atoms with van der Waals surface area (Å²) >= 11 is 0. The molecule has 8 heteroatoms. The van der Waals surface area contributed by atoms with Crippen molar-refractivity contribution < 1.29 is 29.0 Å². The Morgan fingerprint density at radius 1 is 1.13 bits per heavy atom. The predicted octanol–water partition coefficient (Wildman–Crippen LogP) is 4.16. The molecule has 1 unspecified atom stereocenters. The molecule has 0 radical (unpaired) electrons. The molecular weight excluding hydrogens is 400 g/mol. The van der Waals surface area contributed by atoms with Crippen LogP contribution in [0.25, 0.3) is 11.3 Å². The van der Waals surface area contributed by atoms with E-state index < -0.39 is 6.10 Å². The number of phenols is 1. The first-order valence-electron chi connectivity index (χ1n) is 9.83. The number of aryl methyl sites for hydroxylation is 1. The summed E-state index contributed by atoms with van der Waals surface area (Å²) in [5.74, 6) is 1.88. The molecule has 1 amide bonds. The standard InChI is InChI=1S/C13H15NO3.C10H13NO3/c1-8(2)16-12-5-4-10(7-11(12)15)13-6-9(3)14-17-13;1-8(13)6-14-10-4-2-9(3-5-10)11-7-12/h4-8,15H,1-3H3;2-5,7-8,13H,6H2,1H3,(H,11,12). The van der Waals surface area contributed by atoms with E-state index in [1.165, 1.54) is 0 Å². The van der Waals surface area contributed by atoms with E-state index >= 15 is 0 Å². The van der Waals surface area contributed by atoms with E-state index in [4.69, 9.17) is 19.1 Å². The maximum atomic E-state index is 10.1. The molecule has 3 aromatic rings. The molecule has 31 heavy (non-hydrogen) atoms. The zero-order valence-electron chi connectivity index (χ0n) is 18.0. The molecule has 0 fully saturated rings. The van der Waals surface area contributed by atoms with Crippen molar-refractivity contribution >= 4 is 12.1 Å². The fourth-order valence-electron chi connectivity index (χ4n) is 2.46. The summed E-state index contributed by atoms with van der Waals surface area (Å²) in [6, 6.07) is 13.9. The Morgan fingerprint density at radius 3 is 2.35 bits per heavy atom. The number of hydrogen-bond acceptors (Lipinski definition) is 7. The number of nitrogens with zero attached hydrogens (tertiary/aromatic N) is 1. The quantitative estimate of drug-likeness (QED) is 0.462. The van der Waals surface area contributed by atoms with Crippen molar-refractivity contribution in [1.82, 2.24) is 5.16 Å². The van der Waals surface area contributed by atoms with Gasteiger partial charge in [0.1, 0.15) is 12.4 Å². The highest BCUT2D eigenvalue weighted by molar-refractivity contribution is 5.71. The van der Waals surface area contributed by atoms with Crippen molar-refractivity contribution in [1.29, 1.82) is 0 Å². The first kappa shape index (κ1) is 23.8. The second kappa shape index (κ2) is 11.6. The molecule has 0 spiro atoms. The molecule has 0 saturated heterocycles. The van der Waals surface area contributed by atoms with Gasteiger partial charge in [-0.25, -0.2) is 0 Å². The summed E-state index contributed by atoms with van der Waals surface area (Å²) in [5, 5.41) is 25.1. The van der Waals surface area contributed by atoms with E-state index in [0.717, 1.165) is 11.3 Å². The van der Waals surface area contributed by atoms with Gasteiger partial charge in [-0.2, -0.15) is 0 Å². The number of aromatic nitrogens is 1. The molecule has 166 valence electrons. The number of nitrogens with one attached hydrogen (secondary N) is 1. The number of aliphatic hydroxyl groups is 1. The first-order chi connectivity index (χ1) is 14.8. The van der Waals surface area contributed by atoms with E-state index in [2.05, 4.69) is 10.5 Å². The molecule has 0 aliphatic rings. The van der Waals surface area contributed by atoms with Crippen LogP contribution in [0.2, 0.25) is 0 Å². The van der Waals surface area contributed by atoms with Crippen LogP contribution < -0.4 is 14.8 Å². The monoisotopic (exact) mass is 428 g/mol. The zero-order valence-corrected chi connectivity index (χ0v) is 18.0. The summed E-state index contributed by atoms with van der Waals surface area (Å²) in [5.41, 5.74) is 2.30. The predicted molar refractivity (Wildman–Crippen MR) is 117 cm³/mol. The molecule has 1 heterocycles. The topological polar surface area (TPSA) is 114 Å². The van der Waals surface area contributed by atoms with Crippen LogP contribution >= 0.6 is 0 Å². The first-order valence-corrected chi connectivity index (χ1v) is 9.83. The summed E-state index contributed by atoms with van der Waals surface area (Å²) < 4.78 is 15.8. The normalized spacial score (nSPS) is 11.3. The molecule has 3 N–H and O–H groups in total. The van der Waals surface area contributed by atoms with Gasteiger partial charge in [-0.05, 0) is 70.2 Å². The maximum absolute atomic E-state index is 10.1. The van der Waals surface area contributed by atoms with E-state index in [-0.39, 0.29) is 18.5 Å². The second-order valence-electron chi connectivity index (χ2n) is 7.13. The Kier molecular flexibility index (Phi) is 8.90. The molecule has 0 aliphatic heterocycles. The van der Waals surface area contributed by atoms with Gasteiger partial charge in [-0.3, -0.25) is 4.79 Å². The van der Waals surface area contributed by atoms with Gasteiger partial charge in [0.2, 0.25) is 6.41 Å². The maximum Gasteiger partial charge on any atom is 0.211 e. The third-order valence-corrected chi connectivity index (χ3v) is 3.81. The molecule has 8 nitrogen and oxygen atoms in total. The van der Waals surface area contributed by atoms with Gasteiger partial charge in [0.25, 0.3) is 0 Å². The van der Waals surface area contributed by atoms with Gasteiger partial charge in [0.15, 0.2) is 17.3 Å². The Bertz CT molecular complexity index is 951. The number of carbonyl (C=O) groups is 1.